The van der Waals surface area contributed by atoms with Gasteiger partial charge in [-0.2, -0.15) is 0 Å². The molecule has 3 aromatic rings. The van der Waals surface area contributed by atoms with Crippen molar-refractivity contribution in [1.29, 1.82) is 0 Å². The SMILES string of the molecule is O=C1c2ccccc2-c2cc(=O)oc3cccc1c23. The van der Waals surface area contributed by atoms with Crippen molar-refractivity contribution in [3.63, 3.8) is 0 Å². The molecule has 0 amide bonds. The molecule has 1 aromatic heterocycles. The highest BCUT2D eigenvalue weighted by atomic mass is 16.4. The van der Waals surface area contributed by atoms with Gasteiger partial charge < -0.3 is 4.42 Å². The van der Waals surface area contributed by atoms with E-state index in [9.17, 15) is 9.59 Å². The van der Waals surface area contributed by atoms with Crippen LogP contribution in [0.3, 0.4) is 0 Å². The van der Waals surface area contributed by atoms with Crippen LogP contribution in [0, 0.1) is 0 Å². The number of ketones is 1. The van der Waals surface area contributed by atoms with Crippen LogP contribution < -0.4 is 5.63 Å². The molecule has 3 nitrogen and oxygen atoms in total. The predicted octanol–water partition coefficient (Wildman–Crippen LogP) is 3.00. The number of fused-ring (bicyclic) bond motifs is 2. The van der Waals surface area contributed by atoms with Crippen molar-refractivity contribution in [1.82, 2.24) is 0 Å². The molecule has 1 heterocycles. The minimum Gasteiger partial charge on any atom is -0.423 e. The van der Waals surface area contributed by atoms with Crippen LogP contribution in [0.1, 0.15) is 15.9 Å². The first kappa shape index (κ1) is 10.3. The normalized spacial score (nSPS) is 12.5. The summed E-state index contributed by atoms with van der Waals surface area (Å²) in [5.41, 5.74) is 2.86. The monoisotopic (exact) mass is 248 g/mol. The highest BCUT2D eigenvalue weighted by Crippen LogP contribution is 2.37. The van der Waals surface area contributed by atoms with Crippen molar-refractivity contribution in [3.8, 4) is 11.1 Å². The summed E-state index contributed by atoms with van der Waals surface area (Å²) in [5, 5.41) is 0.728. The van der Waals surface area contributed by atoms with Crippen LogP contribution in [0.25, 0.3) is 22.1 Å². The van der Waals surface area contributed by atoms with E-state index < -0.39 is 5.63 Å². The van der Waals surface area contributed by atoms with Crippen LogP contribution in [0.15, 0.2) is 57.7 Å². The molecule has 0 saturated carbocycles. The Morgan fingerprint density at radius 2 is 1.47 bits per heavy atom. The Bertz CT molecular complexity index is 903. The Balaban J connectivity index is 2.31. The Morgan fingerprint density at radius 1 is 0.737 bits per heavy atom. The zero-order chi connectivity index (χ0) is 13.0. The fraction of sp³-hybridized carbons (Fsp3) is 0. The molecule has 19 heavy (non-hydrogen) atoms. The number of benzene rings is 2. The second kappa shape index (κ2) is 3.42. The molecule has 2 aromatic carbocycles. The Morgan fingerprint density at radius 3 is 2.32 bits per heavy atom. The number of hydrogen-bond donors (Lipinski definition) is 0. The molecule has 0 aliphatic heterocycles. The summed E-state index contributed by atoms with van der Waals surface area (Å²) in [5.74, 6) is -0.0254. The van der Waals surface area contributed by atoms with Gasteiger partial charge in [-0.05, 0) is 11.6 Å². The maximum absolute atomic E-state index is 12.5. The standard InChI is InChI=1S/C16H8O3/c17-14-8-12-9-4-1-2-5-10(9)16(18)11-6-3-7-13(19-14)15(11)12/h1-8H. The fourth-order valence-electron chi connectivity index (χ4n) is 2.68. The van der Waals surface area contributed by atoms with Gasteiger partial charge in [-0.15, -0.1) is 0 Å². The van der Waals surface area contributed by atoms with Crippen molar-refractivity contribution in [2.45, 2.75) is 0 Å². The zero-order valence-corrected chi connectivity index (χ0v) is 9.84. The topological polar surface area (TPSA) is 47.3 Å². The zero-order valence-electron chi connectivity index (χ0n) is 9.84. The van der Waals surface area contributed by atoms with Crippen molar-refractivity contribution >= 4 is 16.8 Å². The Hall–Kier alpha value is -2.68. The van der Waals surface area contributed by atoms with Crippen molar-refractivity contribution in [2.24, 2.45) is 0 Å². The minimum absolute atomic E-state index is 0.0254. The number of carbonyl (C=O) groups excluding carboxylic acids is 1. The van der Waals surface area contributed by atoms with Gasteiger partial charge >= 0.3 is 5.63 Å². The molecule has 0 atom stereocenters. The second-order valence-electron chi connectivity index (χ2n) is 4.53. The van der Waals surface area contributed by atoms with Gasteiger partial charge in [-0.3, -0.25) is 4.79 Å². The largest absolute Gasteiger partial charge is 0.423 e. The summed E-state index contributed by atoms with van der Waals surface area (Å²) in [7, 11) is 0. The fourth-order valence-corrected chi connectivity index (χ4v) is 2.68. The molecule has 0 radical (unpaired) electrons. The molecule has 0 spiro atoms. The number of hydrogen-bond acceptors (Lipinski definition) is 3. The van der Waals surface area contributed by atoms with E-state index in [4.69, 9.17) is 4.42 Å². The van der Waals surface area contributed by atoms with Crippen LogP contribution in [0.2, 0.25) is 0 Å². The molecule has 0 fully saturated rings. The van der Waals surface area contributed by atoms with Crippen molar-refractivity contribution in [2.75, 3.05) is 0 Å². The molecular weight excluding hydrogens is 240 g/mol. The average Bonchev–Trinajstić information content (AvgIpc) is 2.44. The van der Waals surface area contributed by atoms with Gasteiger partial charge in [0.25, 0.3) is 0 Å². The summed E-state index contributed by atoms with van der Waals surface area (Å²) in [6, 6.07) is 14.0. The molecule has 90 valence electrons. The van der Waals surface area contributed by atoms with E-state index in [0.29, 0.717) is 16.7 Å². The number of rotatable bonds is 0. The maximum Gasteiger partial charge on any atom is 0.336 e. The van der Waals surface area contributed by atoms with Gasteiger partial charge in [0.1, 0.15) is 5.58 Å². The van der Waals surface area contributed by atoms with E-state index in [1.54, 1.807) is 24.3 Å². The van der Waals surface area contributed by atoms with Crippen molar-refractivity contribution in [3.05, 3.63) is 70.1 Å². The summed E-state index contributed by atoms with van der Waals surface area (Å²) < 4.78 is 5.17. The average molecular weight is 248 g/mol. The van der Waals surface area contributed by atoms with Crippen LogP contribution in [0.4, 0.5) is 0 Å². The molecule has 0 N–H and O–H groups in total. The summed E-state index contributed by atoms with van der Waals surface area (Å²) in [6.45, 7) is 0. The predicted molar refractivity (Wildman–Crippen MR) is 71.4 cm³/mol. The molecular formula is C16H8O3. The van der Waals surface area contributed by atoms with E-state index in [1.165, 1.54) is 6.07 Å². The third-order valence-electron chi connectivity index (χ3n) is 3.47. The smallest absolute Gasteiger partial charge is 0.336 e. The van der Waals surface area contributed by atoms with Gasteiger partial charge in [0, 0.05) is 28.1 Å². The lowest BCUT2D eigenvalue weighted by Gasteiger charge is -2.18. The summed E-state index contributed by atoms with van der Waals surface area (Å²) in [4.78, 5) is 24.1. The molecule has 0 saturated heterocycles. The molecule has 3 heteroatoms. The van der Waals surface area contributed by atoms with E-state index >= 15 is 0 Å². The maximum atomic E-state index is 12.5. The van der Waals surface area contributed by atoms with Crippen LogP contribution >= 0.6 is 0 Å². The molecule has 1 aliphatic carbocycles. The third-order valence-corrected chi connectivity index (χ3v) is 3.47. The van der Waals surface area contributed by atoms with Crippen LogP contribution in [-0.2, 0) is 0 Å². The summed E-state index contributed by atoms with van der Waals surface area (Å²) in [6.07, 6.45) is 0. The highest BCUT2D eigenvalue weighted by molar-refractivity contribution is 6.25. The molecule has 0 unspecified atom stereocenters. The van der Waals surface area contributed by atoms with E-state index in [1.807, 2.05) is 18.2 Å². The van der Waals surface area contributed by atoms with Gasteiger partial charge in [0.05, 0.1) is 0 Å². The van der Waals surface area contributed by atoms with E-state index in [2.05, 4.69) is 0 Å². The molecule has 4 rings (SSSR count). The first-order valence-corrected chi connectivity index (χ1v) is 5.97. The number of carbonyl (C=O) groups is 1. The summed E-state index contributed by atoms with van der Waals surface area (Å²) >= 11 is 0. The lowest BCUT2D eigenvalue weighted by atomic mass is 9.85. The van der Waals surface area contributed by atoms with Gasteiger partial charge in [-0.25, -0.2) is 4.79 Å². The Labute approximate surface area is 108 Å². The lowest BCUT2D eigenvalue weighted by Crippen LogP contribution is -2.12. The van der Waals surface area contributed by atoms with Crippen LogP contribution in [-0.4, -0.2) is 5.78 Å². The quantitative estimate of drug-likeness (QED) is 0.449. The molecule has 1 aliphatic rings. The van der Waals surface area contributed by atoms with Gasteiger partial charge in [0.2, 0.25) is 0 Å². The second-order valence-corrected chi connectivity index (χ2v) is 4.53. The molecule has 0 bridgehead atoms. The van der Waals surface area contributed by atoms with Crippen LogP contribution in [0.5, 0.6) is 0 Å². The Kier molecular flexibility index (Phi) is 1.85. The van der Waals surface area contributed by atoms with Gasteiger partial charge in [0.15, 0.2) is 5.78 Å². The minimum atomic E-state index is -0.399. The lowest BCUT2D eigenvalue weighted by molar-refractivity contribution is 0.104. The first-order chi connectivity index (χ1) is 9.25. The first-order valence-electron chi connectivity index (χ1n) is 5.97. The third kappa shape index (κ3) is 1.27. The van der Waals surface area contributed by atoms with Crippen molar-refractivity contribution < 1.29 is 9.21 Å². The highest BCUT2D eigenvalue weighted by Gasteiger charge is 2.25. The van der Waals surface area contributed by atoms with E-state index in [-0.39, 0.29) is 5.78 Å². The van der Waals surface area contributed by atoms with Gasteiger partial charge in [-0.1, -0.05) is 36.4 Å². The van der Waals surface area contributed by atoms with E-state index in [0.717, 1.165) is 16.5 Å².